The number of rotatable bonds is 6. The van der Waals surface area contributed by atoms with Gasteiger partial charge >= 0.3 is 6.09 Å². The molecule has 5 nitrogen and oxygen atoms in total. The van der Waals surface area contributed by atoms with E-state index in [1.54, 1.807) is 0 Å². The van der Waals surface area contributed by atoms with E-state index in [-0.39, 0.29) is 12.2 Å². The van der Waals surface area contributed by atoms with Crippen LogP contribution in [-0.2, 0) is 4.74 Å². The van der Waals surface area contributed by atoms with E-state index in [0.29, 0.717) is 17.6 Å². The minimum absolute atomic E-state index is 0.215. The molecule has 1 atom stereocenters. The van der Waals surface area contributed by atoms with Crippen LogP contribution in [0, 0.1) is 0 Å². The zero-order valence-electron chi connectivity index (χ0n) is 14.8. The molecule has 1 N–H and O–H groups in total. The molecule has 0 aliphatic carbocycles. The lowest BCUT2D eigenvalue weighted by molar-refractivity contribution is -0.00672. The predicted octanol–water partition coefficient (Wildman–Crippen LogP) is 3.71. The zero-order chi connectivity index (χ0) is 17.7. The van der Waals surface area contributed by atoms with Gasteiger partial charge in [-0.05, 0) is 58.4 Å². The molecule has 1 aliphatic heterocycles. The zero-order valence-corrected chi connectivity index (χ0v) is 15.6. The van der Waals surface area contributed by atoms with Crippen molar-refractivity contribution in [2.24, 2.45) is 0 Å². The molecule has 1 saturated heterocycles. The van der Waals surface area contributed by atoms with E-state index in [2.05, 4.69) is 17.1 Å². The highest BCUT2D eigenvalue weighted by Gasteiger charge is 2.31. The molecule has 0 unspecified atom stereocenters. The van der Waals surface area contributed by atoms with Crippen molar-refractivity contribution in [3.8, 4) is 5.75 Å². The number of likely N-dealkylation sites (tertiary alicyclic amines) is 1. The number of alkyl carbamates (subject to hydrolysis) is 1. The van der Waals surface area contributed by atoms with Crippen LogP contribution in [0.15, 0.2) is 24.3 Å². The number of ether oxygens (including phenoxy) is 2. The number of halogens is 1. The van der Waals surface area contributed by atoms with Crippen LogP contribution in [0.1, 0.15) is 34.1 Å². The van der Waals surface area contributed by atoms with Gasteiger partial charge in [-0.25, -0.2) is 4.79 Å². The second kappa shape index (κ2) is 8.08. The summed E-state index contributed by atoms with van der Waals surface area (Å²) in [6.45, 7) is 10.1. The fourth-order valence-electron chi connectivity index (χ4n) is 2.49. The highest BCUT2D eigenvalue weighted by atomic mass is 35.5. The van der Waals surface area contributed by atoms with Crippen LogP contribution in [0.3, 0.4) is 0 Å². The van der Waals surface area contributed by atoms with Crippen LogP contribution in [0.4, 0.5) is 4.79 Å². The molecular weight excluding hydrogens is 328 g/mol. The Balaban J connectivity index is 1.61. The van der Waals surface area contributed by atoms with Gasteiger partial charge in [0.2, 0.25) is 0 Å². The molecule has 6 heteroatoms. The second-order valence-corrected chi connectivity index (χ2v) is 7.65. The number of carbonyl (C=O) groups excluding carboxylic acids is 1. The number of hydrogen-bond donors (Lipinski definition) is 1. The maximum Gasteiger partial charge on any atom is 0.407 e. The van der Waals surface area contributed by atoms with Crippen LogP contribution in [0.5, 0.6) is 5.75 Å². The van der Waals surface area contributed by atoms with Gasteiger partial charge in [-0.15, -0.1) is 0 Å². The highest BCUT2D eigenvalue weighted by Crippen LogP contribution is 2.22. The quantitative estimate of drug-likeness (QED) is 0.846. The monoisotopic (exact) mass is 354 g/mol. The van der Waals surface area contributed by atoms with Crippen molar-refractivity contribution in [1.82, 2.24) is 10.2 Å². The average molecular weight is 355 g/mol. The van der Waals surface area contributed by atoms with Crippen molar-refractivity contribution in [2.75, 3.05) is 19.6 Å². The van der Waals surface area contributed by atoms with Gasteiger partial charge < -0.3 is 14.8 Å². The number of carbonyl (C=O) groups is 1. The van der Waals surface area contributed by atoms with Gasteiger partial charge in [0.1, 0.15) is 17.5 Å². The third-order valence-corrected chi connectivity index (χ3v) is 4.10. The third-order valence-electron chi connectivity index (χ3n) is 3.85. The van der Waals surface area contributed by atoms with Gasteiger partial charge in [0.05, 0.1) is 0 Å². The molecule has 1 aromatic rings. The minimum Gasteiger partial charge on any atom is -0.488 e. The first-order valence-corrected chi connectivity index (χ1v) is 8.74. The lowest BCUT2D eigenvalue weighted by atomic mass is 10.1. The summed E-state index contributed by atoms with van der Waals surface area (Å²) in [4.78, 5) is 13.9. The Morgan fingerprint density at radius 3 is 2.54 bits per heavy atom. The normalized spacial score (nSPS) is 17.0. The molecule has 1 heterocycles. The van der Waals surface area contributed by atoms with E-state index in [1.165, 1.54) is 0 Å². The summed E-state index contributed by atoms with van der Waals surface area (Å²) >= 11 is 5.86. The van der Waals surface area contributed by atoms with E-state index in [4.69, 9.17) is 21.1 Å². The maximum atomic E-state index is 11.6. The maximum absolute atomic E-state index is 11.6. The Morgan fingerprint density at radius 2 is 1.96 bits per heavy atom. The molecule has 0 aromatic heterocycles. The van der Waals surface area contributed by atoms with E-state index < -0.39 is 5.60 Å². The van der Waals surface area contributed by atoms with E-state index >= 15 is 0 Å². The molecule has 1 aromatic carbocycles. The molecule has 0 saturated carbocycles. The van der Waals surface area contributed by atoms with E-state index in [9.17, 15) is 4.79 Å². The molecule has 0 spiro atoms. The van der Waals surface area contributed by atoms with Gasteiger partial charge in [-0.2, -0.15) is 0 Å². The SMILES string of the molecule is C[C@H](CCNC(=O)OC(C)(C)C)N1CC(Oc2ccc(Cl)cc2)C1. The standard InChI is InChI=1S/C18H27ClN2O3/c1-13(9-10-20-17(22)24-18(2,3)4)21-11-16(12-21)23-15-7-5-14(19)6-8-15/h5-8,13,16H,9-12H2,1-4H3,(H,20,22)/t13-/m1/s1. The van der Waals surface area contributed by atoms with Crippen molar-refractivity contribution in [1.29, 1.82) is 0 Å². The Bertz CT molecular complexity index is 536. The van der Waals surface area contributed by atoms with Crippen LogP contribution >= 0.6 is 11.6 Å². The molecule has 1 fully saturated rings. The van der Waals surface area contributed by atoms with Gasteiger partial charge in [0, 0.05) is 30.7 Å². The highest BCUT2D eigenvalue weighted by molar-refractivity contribution is 6.30. The summed E-state index contributed by atoms with van der Waals surface area (Å²) in [5.74, 6) is 0.850. The summed E-state index contributed by atoms with van der Waals surface area (Å²) in [6.07, 6.45) is 0.738. The number of hydrogen-bond acceptors (Lipinski definition) is 4. The molecule has 1 amide bonds. The molecule has 0 radical (unpaired) electrons. The fourth-order valence-corrected chi connectivity index (χ4v) is 2.62. The molecule has 134 valence electrons. The van der Waals surface area contributed by atoms with Crippen molar-refractivity contribution >= 4 is 17.7 Å². The van der Waals surface area contributed by atoms with Crippen LogP contribution < -0.4 is 10.1 Å². The summed E-state index contributed by atoms with van der Waals surface area (Å²) in [7, 11) is 0. The van der Waals surface area contributed by atoms with Crippen molar-refractivity contribution < 1.29 is 14.3 Å². The third kappa shape index (κ3) is 6.21. The van der Waals surface area contributed by atoms with Gasteiger partial charge in [-0.1, -0.05) is 11.6 Å². The minimum atomic E-state index is -0.459. The molecule has 0 bridgehead atoms. The first-order valence-electron chi connectivity index (χ1n) is 8.36. The number of nitrogens with one attached hydrogen (secondary N) is 1. The first-order chi connectivity index (χ1) is 11.2. The van der Waals surface area contributed by atoms with Gasteiger partial charge in [0.15, 0.2) is 0 Å². The van der Waals surface area contributed by atoms with Crippen molar-refractivity contribution in [3.63, 3.8) is 0 Å². The Kier molecular flexibility index (Phi) is 6.35. The lowest BCUT2D eigenvalue weighted by Crippen LogP contribution is -2.57. The Hall–Kier alpha value is -1.46. The van der Waals surface area contributed by atoms with E-state index in [1.807, 2.05) is 45.0 Å². The van der Waals surface area contributed by atoms with Crippen LogP contribution in [0.2, 0.25) is 5.02 Å². The Labute approximate surface area is 149 Å². The summed E-state index contributed by atoms with van der Waals surface area (Å²) in [5, 5.41) is 3.51. The largest absolute Gasteiger partial charge is 0.488 e. The van der Waals surface area contributed by atoms with Crippen molar-refractivity contribution in [2.45, 2.75) is 51.9 Å². The molecule has 2 rings (SSSR count). The van der Waals surface area contributed by atoms with Gasteiger partial charge in [0.25, 0.3) is 0 Å². The molecular formula is C18H27ClN2O3. The van der Waals surface area contributed by atoms with Crippen LogP contribution in [0.25, 0.3) is 0 Å². The van der Waals surface area contributed by atoms with Gasteiger partial charge in [-0.3, -0.25) is 4.90 Å². The number of benzene rings is 1. The average Bonchev–Trinajstić information content (AvgIpc) is 2.42. The number of amides is 1. The summed E-state index contributed by atoms with van der Waals surface area (Å²) in [5.41, 5.74) is -0.459. The fraction of sp³-hybridized carbons (Fsp3) is 0.611. The molecule has 24 heavy (non-hydrogen) atoms. The lowest BCUT2D eigenvalue weighted by Gasteiger charge is -2.42. The Morgan fingerprint density at radius 1 is 1.33 bits per heavy atom. The predicted molar refractivity (Wildman–Crippen MR) is 95.8 cm³/mol. The summed E-state index contributed by atoms with van der Waals surface area (Å²) < 4.78 is 11.1. The smallest absolute Gasteiger partial charge is 0.407 e. The molecule has 1 aliphatic rings. The first kappa shape index (κ1) is 18.9. The van der Waals surface area contributed by atoms with Crippen molar-refractivity contribution in [3.05, 3.63) is 29.3 Å². The summed E-state index contributed by atoms with van der Waals surface area (Å²) in [6, 6.07) is 7.83. The van der Waals surface area contributed by atoms with Crippen LogP contribution in [-0.4, -0.2) is 48.4 Å². The number of nitrogens with zero attached hydrogens (tertiary/aromatic N) is 1. The van der Waals surface area contributed by atoms with E-state index in [0.717, 1.165) is 25.3 Å². The topological polar surface area (TPSA) is 50.8 Å². The second-order valence-electron chi connectivity index (χ2n) is 7.21.